The number of thiazole rings is 1. The van der Waals surface area contributed by atoms with Crippen LogP contribution in [0.3, 0.4) is 0 Å². The molecule has 0 fully saturated rings. The van der Waals surface area contributed by atoms with E-state index in [4.69, 9.17) is 4.74 Å². The van der Waals surface area contributed by atoms with Crippen molar-refractivity contribution in [3.63, 3.8) is 0 Å². The maximum Gasteiger partial charge on any atom is 0.273 e. The van der Waals surface area contributed by atoms with Crippen LogP contribution in [0.1, 0.15) is 22.8 Å². The Kier molecular flexibility index (Phi) is 6.18. The highest BCUT2D eigenvalue weighted by Crippen LogP contribution is 2.30. The number of nitro groups is 1. The number of hydrogen-bond acceptors (Lipinski definition) is 7. The molecule has 0 unspecified atom stereocenters. The summed E-state index contributed by atoms with van der Waals surface area (Å²) in [6.07, 6.45) is 0. The van der Waals surface area contributed by atoms with Crippen molar-refractivity contribution >= 4 is 28.7 Å². The highest BCUT2D eigenvalue weighted by atomic mass is 32.1. The first-order valence-electron chi connectivity index (χ1n) is 10.2. The van der Waals surface area contributed by atoms with Crippen LogP contribution < -0.4 is 10.1 Å². The molecular formula is C23H21N5O4S. The summed E-state index contributed by atoms with van der Waals surface area (Å²) in [5, 5.41) is 21.1. The summed E-state index contributed by atoms with van der Waals surface area (Å²) in [4.78, 5) is 28.1. The fraction of sp³-hybridized carbons (Fsp3) is 0.174. The molecule has 9 nitrogen and oxygen atoms in total. The molecule has 4 rings (SSSR count). The lowest BCUT2D eigenvalue weighted by Crippen LogP contribution is -2.16. The maximum atomic E-state index is 12.8. The summed E-state index contributed by atoms with van der Waals surface area (Å²) in [7, 11) is 1.71. The number of nitrogens with one attached hydrogen (secondary N) is 1. The Morgan fingerprint density at radius 3 is 2.67 bits per heavy atom. The number of carbonyl (C=O) groups is 1. The molecule has 33 heavy (non-hydrogen) atoms. The monoisotopic (exact) mass is 463 g/mol. The molecular weight excluding hydrogens is 442 g/mol. The number of ether oxygens (including phenoxy) is 1. The molecule has 168 valence electrons. The van der Waals surface area contributed by atoms with Gasteiger partial charge in [-0.15, -0.1) is 11.3 Å². The molecule has 0 spiro atoms. The van der Waals surface area contributed by atoms with Crippen molar-refractivity contribution in [2.75, 3.05) is 11.9 Å². The molecule has 10 heteroatoms. The lowest BCUT2D eigenvalue weighted by molar-refractivity contribution is -0.385. The predicted octanol–water partition coefficient (Wildman–Crippen LogP) is 5.08. The summed E-state index contributed by atoms with van der Waals surface area (Å²) < 4.78 is 7.02. The van der Waals surface area contributed by atoms with Gasteiger partial charge in [0.1, 0.15) is 22.3 Å². The number of benzene rings is 2. The number of anilines is 1. The van der Waals surface area contributed by atoms with Gasteiger partial charge >= 0.3 is 0 Å². The second-order valence-electron chi connectivity index (χ2n) is 7.19. The minimum absolute atomic E-state index is 0.0991. The summed E-state index contributed by atoms with van der Waals surface area (Å²) >= 11 is 1.45. The molecule has 1 N–H and O–H groups in total. The van der Waals surface area contributed by atoms with Crippen LogP contribution in [0.25, 0.3) is 22.0 Å². The van der Waals surface area contributed by atoms with Gasteiger partial charge in [-0.25, -0.2) is 4.98 Å². The molecule has 0 bridgehead atoms. The first kappa shape index (κ1) is 22.2. The Morgan fingerprint density at radius 1 is 1.21 bits per heavy atom. The number of carbonyl (C=O) groups excluding carboxylic acids is 1. The van der Waals surface area contributed by atoms with E-state index in [0.717, 1.165) is 17.0 Å². The van der Waals surface area contributed by atoms with E-state index >= 15 is 0 Å². The second-order valence-corrected chi connectivity index (χ2v) is 8.05. The predicted molar refractivity (Wildman–Crippen MR) is 127 cm³/mol. The summed E-state index contributed by atoms with van der Waals surface area (Å²) in [5.41, 5.74) is 2.85. The molecule has 2 aromatic carbocycles. The summed E-state index contributed by atoms with van der Waals surface area (Å²) in [6, 6.07) is 13.9. The molecule has 4 aromatic rings. The van der Waals surface area contributed by atoms with Gasteiger partial charge in [0.2, 0.25) is 0 Å². The van der Waals surface area contributed by atoms with Crippen LogP contribution in [-0.2, 0) is 7.05 Å². The zero-order chi connectivity index (χ0) is 23.5. The lowest BCUT2D eigenvalue weighted by atomic mass is 10.1. The molecule has 0 saturated heterocycles. The normalized spacial score (nSPS) is 10.8. The van der Waals surface area contributed by atoms with Crippen molar-refractivity contribution < 1.29 is 14.5 Å². The number of aromatic nitrogens is 3. The minimum Gasteiger partial charge on any atom is -0.494 e. The molecule has 0 aliphatic rings. The lowest BCUT2D eigenvalue weighted by Gasteiger charge is -2.07. The quantitative estimate of drug-likeness (QED) is 0.302. The minimum atomic E-state index is -0.501. The van der Waals surface area contributed by atoms with E-state index in [2.05, 4.69) is 15.4 Å². The van der Waals surface area contributed by atoms with Crippen LogP contribution in [0.4, 0.5) is 11.5 Å². The van der Waals surface area contributed by atoms with Gasteiger partial charge in [0, 0.05) is 41.3 Å². The zero-order valence-electron chi connectivity index (χ0n) is 18.2. The Balaban J connectivity index is 1.54. The van der Waals surface area contributed by atoms with Crippen molar-refractivity contribution in [2.24, 2.45) is 7.05 Å². The highest BCUT2D eigenvalue weighted by Gasteiger charge is 2.20. The summed E-state index contributed by atoms with van der Waals surface area (Å²) in [6.45, 7) is 4.11. The largest absolute Gasteiger partial charge is 0.494 e. The van der Waals surface area contributed by atoms with E-state index in [1.54, 1.807) is 26.1 Å². The first-order valence-corrected chi connectivity index (χ1v) is 11.0. The average molecular weight is 464 g/mol. The van der Waals surface area contributed by atoms with Gasteiger partial charge in [-0.1, -0.05) is 6.07 Å². The van der Waals surface area contributed by atoms with Crippen LogP contribution in [0.5, 0.6) is 5.75 Å². The number of aryl methyl sites for hydroxylation is 1. The Hall–Kier alpha value is -4.05. The smallest absolute Gasteiger partial charge is 0.273 e. The molecule has 0 aliphatic heterocycles. The van der Waals surface area contributed by atoms with Crippen LogP contribution >= 0.6 is 11.3 Å². The molecule has 2 heterocycles. The standard InChI is InChI=1S/C23H21N5O4S/c1-4-32-16-10-8-15(9-11-16)19-13-33-23(24-19)18-12-21(27(3)26-18)25-22(29)17-6-5-7-20(14(17)2)28(30)31/h5-13H,4H2,1-3H3,(H,25,29). The fourth-order valence-corrected chi connectivity index (χ4v) is 4.14. The Bertz CT molecular complexity index is 1330. The number of nitrogens with zero attached hydrogens (tertiary/aromatic N) is 4. The van der Waals surface area contributed by atoms with E-state index < -0.39 is 10.8 Å². The van der Waals surface area contributed by atoms with Gasteiger partial charge in [0.05, 0.1) is 17.2 Å². The third kappa shape index (κ3) is 4.60. The van der Waals surface area contributed by atoms with E-state index in [0.29, 0.717) is 28.7 Å². The van der Waals surface area contributed by atoms with Crippen LogP contribution in [0.15, 0.2) is 53.9 Å². The maximum absolute atomic E-state index is 12.8. The zero-order valence-corrected chi connectivity index (χ0v) is 19.0. The third-order valence-electron chi connectivity index (χ3n) is 5.05. The van der Waals surface area contributed by atoms with Crippen LogP contribution in [-0.4, -0.2) is 32.2 Å². The van der Waals surface area contributed by atoms with Crippen LogP contribution in [0, 0.1) is 17.0 Å². The van der Waals surface area contributed by atoms with Crippen LogP contribution in [0.2, 0.25) is 0 Å². The Morgan fingerprint density at radius 2 is 1.97 bits per heavy atom. The Labute approximate surface area is 193 Å². The average Bonchev–Trinajstić information content (AvgIpc) is 3.42. The van der Waals surface area contributed by atoms with Crippen molar-refractivity contribution in [3.05, 3.63) is 75.2 Å². The highest BCUT2D eigenvalue weighted by molar-refractivity contribution is 7.13. The molecule has 0 aliphatic carbocycles. The third-order valence-corrected chi connectivity index (χ3v) is 5.92. The van der Waals surface area contributed by atoms with Gasteiger partial charge in [-0.3, -0.25) is 19.6 Å². The van der Waals surface area contributed by atoms with Crippen molar-refractivity contribution in [3.8, 4) is 27.7 Å². The number of rotatable bonds is 7. The summed E-state index contributed by atoms with van der Waals surface area (Å²) in [5.74, 6) is 0.819. The topological polar surface area (TPSA) is 112 Å². The molecule has 2 aromatic heterocycles. The van der Waals surface area contributed by atoms with Gasteiger partial charge in [-0.05, 0) is 44.2 Å². The van der Waals surface area contributed by atoms with Gasteiger partial charge in [0.15, 0.2) is 0 Å². The molecule has 1 amide bonds. The van der Waals surface area contributed by atoms with Gasteiger partial charge < -0.3 is 10.1 Å². The van der Waals surface area contributed by atoms with E-state index in [9.17, 15) is 14.9 Å². The number of amides is 1. The van der Waals surface area contributed by atoms with Gasteiger partial charge in [-0.2, -0.15) is 5.10 Å². The van der Waals surface area contributed by atoms with Crippen molar-refractivity contribution in [1.82, 2.24) is 14.8 Å². The number of nitro benzene ring substituents is 1. The van der Waals surface area contributed by atoms with E-state index in [1.165, 1.54) is 28.2 Å². The van der Waals surface area contributed by atoms with Crippen molar-refractivity contribution in [2.45, 2.75) is 13.8 Å². The second kappa shape index (κ2) is 9.21. The molecule has 0 atom stereocenters. The molecule has 0 saturated carbocycles. The number of hydrogen-bond donors (Lipinski definition) is 1. The van der Waals surface area contributed by atoms with Gasteiger partial charge in [0.25, 0.3) is 11.6 Å². The van der Waals surface area contributed by atoms with E-state index in [1.807, 2.05) is 36.6 Å². The fourth-order valence-electron chi connectivity index (χ4n) is 3.35. The first-order chi connectivity index (χ1) is 15.9. The van der Waals surface area contributed by atoms with E-state index in [-0.39, 0.29) is 11.3 Å². The SMILES string of the molecule is CCOc1ccc(-c2csc(-c3cc(NC(=O)c4cccc([N+](=O)[O-])c4C)n(C)n3)n2)cc1. The molecule has 0 radical (unpaired) electrons. The van der Waals surface area contributed by atoms with Crippen molar-refractivity contribution in [1.29, 1.82) is 0 Å².